The molecule has 0 spiro atoms. The third-order valence-corrected chi connectivity index (χ3v) is 5.48. The Morgan fingerprint density at radius 2 is 1.82 bits per heavy atom. The number of nitrogens with one attached hydrogen (secondary N) is 1. The molecule has 1 aliphatic heterocycles. The molecule has 2 aromatic heterocycles. The van der Waals surface area contributed by atoms with E-state index in [9.17, 15) is 9.59 Å². The van der Waals surface area contributed by atoms with Crippen LogP contribution in [0.25, 0.3) is 0 Å². The number of carbonyl (C=O) groups is 2. The quantitative estimate of drug-likeness (QED) is 0.630. The molecule has 8 heteroatoms. The van der Waals surface area contributed by atoms with Crippen LogP contribution >= 0.6 is 0 Å². The number of amides is 2. The number of hydrogen-bond acceptors (Lipinski definition) is 6. The van der Waals surface area contributed by atoms with Crippen molar-refractivity contribution in [1.82, 2.24) is 19.9 Å². The van der Waals surface area contributed by atoms with Gasteiger partial charge in [-0.25, -0.2) is 4.98 Å². The molecule has 1 aromatic carbocycles. The Morgan fingerprint density at radius 3 is 2.52 bits per heavy atom. The zero-order valence-electron chi connectivity index (χ0n) is 19.0. The second kappa shape index (κ2) is 9.77. The molecular weight excluding hydrogens is 418 g/mol. The fourth-order valence-corrected chi connectivity index (χ4v) is 3.94. The van der Waals surface area contributed by atoms with E-state index in [0.717, 1.165) is 29.9 Å². The molecule has 1 saturated heterocycles. The molecule has 1 N–H and O–H groups in total. The first kappa shape index (κ1) is 22.4. The number of hydrogen-bond donors (Lipinski definition) is 1. The molecule has 4 rings (SSSR count). The lowest BCUT2D eigenvalue weighted by Crippen LogP contribution is -2.39. The first-order chi connectivity index (χ1) is 15.9. The number of rotatable bonds is 5. The maximum absolute atomic E-state index is 12.9. The summed E-state index contributed by atoms with van der Waals surface area (Å²) in [7, 11) is 0. The number of piperidine rings is 1. The summed E-state index contributed by atoms with van der Waals surface area (Å²) in [4.78, 5) is 39.1. The van der Waals surface area contributed by atoms with Crippen molar-refractivity contribution >= 4 is 17.5 Å². The molecular formula is C25H27N5O3. The number of ether oxygens (including phenoxy) is 1. The van der Waals surface area contributed by atoms with Crippen molar-refractivity contribution in [1.29, 1.82) is 0 Å². The second-order valence-corrected chi connectivity index (χ2v) is 8.31. The van der Waals surface area contributed by atoms with Crippen LogP contribution in [0.3, 0.4) is 0 Å². The number of aromatic nitrogens is 3. The molecule has 0 radical (unpaired) electrons. The highest BCUT2D eigenvalue weighted by Gasteiger charge is 2.27. The van der Waals surface area contributed by atoms with E-state index in [-0.39, 0.29) is 17.7 Å². The molecule has 33 heavy (non-hydrogen) atoms. The van der Waals surface area contributed by atoms with Crippen LogP contribution in [-0.4, -0.2) is 44.8 Å². The Labute approximate surface area is 193 Å². The van der Waals surface area contributed by atoms with Gasteiger partial charge in [-0.1, -0.05) is 0 Å². The average Bonchev–Trinajstić information content (AvgIpc) is 2.80. The molecule has 0 saturated carbocycles. The lowest BCUT2D eigenvalue weighted by atomic mass is 9.93. The largest absolute Gasteiger partial charge is 0.457 e. The number of pyridine rings is 1. The van der Waals surface area contributed by atoms with Crippen LogP contribution in [0.2, 0.25) is 0 Å². The molecule has 1 fully saturated rings. The van der Waals surface area contributed by atoms with Crippen molar-refractivity contribution in [3.63, 3.8) is 0 Å². The second-order valence-electron chi connectivity index (χ2n) is 8.31. The zero-order valence-corrected chi connectivity index (χ0v) is 19.0. The van der Waals surface area contributed by atoms with Gasteiger partial charge in [-0.3, -0.25) is 19.6 Å². The standard InChI is InChI=1S/C25H27N5O3/c1-16-11-22(33-21-8-6-20(7-9-21)29-18(3)31)12-23(28-16)19-5-4-10-30(15-19)25(32)24-14-26-17(2)13-27-24/h6-9,11-14,19H,4-5,10,15H2,1-3H3,(H,29,31). The third-order valence-electron chi connectivity index (χ3n) is 5.48. The predicted octanol–water partition coefficient (Wildman–Crippen LogP) is 4.26. The molecule has 0 aliphatic carbocycles. The molecule has 3 aromatic rings. The highest BCUT2D eigenvalue weighted by Crippen LogP contribution is 2.31. The van der Waals surface area contributed by atoms with E-state index < -0.39 is 0 Å². The predicted molar refractivity (Wildman–Crippen MR) is 124 cm³/mol. The highest BCUT2D eigenvalue weighted by atomic mass is 16.5. The van der Waals surface area contributed by atoms with Gasteiger partial charge in [0.25, 0.3) is 5.91 Å². The monoisotopic (exact) mass is 445 g/mol. The molecule has 1 atom stereocenters. The van der Waals surface area contributed by atoms with E-state index in [2.05, 4.69) is 15.3 Å². The third kappa shape index (κ3) is 5.71. The lowest BCUT2D eigenvalue weighted by Gasteiger charge is -2.32. The van der Waals surface area contributed by atoms with Gasteiger partial charge in [-0.15, -0.1) is 0 Å². The number of benzene rings is 1. The van der Waals surface area contributed by atoms with Crippen molar-refractivity contribution in [2.75, 3.05) is 18.4 Å². The summed E-state index contributed by atoms with van der Waals surface area (Å²) < 4.78 is 6.05. The minimum Gasteiger partial charge on any atom is -0.457 e. The van der Waals surface area contributed by atoms with Crippen molar-refractivity contribution in [3.8, 4) is 11.5 Å². The van der Waals surface area contributed by atoms with Crippen LogP contribution in [0.1, 0.15) is 53.3 Å². The first-order valence-corrected chi connectivity index (χ1v) is 11.0. The number of carbonyl (C=O) groups excluding carboxylic acids is 2. The van der Waals surface area contributed by atoms with Gasteiger partial charge in [0, 0.05) is 61.3 Å². The van der Waals surface area contributed by atoms with Crippen LogP contribution in [0.5, 0.6) is 11.5 Å². The molecule has 1 aliphatic rings. The summed E-state index contributed by atoms with van der Waals surface area (Å²) in [5.74, 6) is 1.25. The van der Waals surface area contributed by atoms with E-state index in [1.165, 1.54) is 13.1 Å². The Hall–Kier alpha value is -3.81. The molecule has 3 heterocycles. The van der Waals surface area contributed by atoms with Crippen molar-refractivity contribution in [2.45, 2.75) is 39.5 Å². The summed E-state index contributed by atoms with van der Waals surface area (Å²) in [6.45, 7) is 6.53. The summed E-state index contributed by atoms with van der Waals surface area (Å²) in [6, 6.07) is 11.0. The first-order valence-electron chi connectivity index (χ1n) is 11.0. The molecule has 8 nitrogen and oxygen atoms in total. The molecule has 2 amide bonds. The van der Waals surface area contributed by atoms with Gasteiger partial charge in [-0.05, 0) is 51.0 Å². The Morgan fingerprint density at radius 1 is 1.03 bits per heavy atom. The summed E-state index contributed by atoms with van der Waals surface area (Å²) in [6.07, 6.45) is 5.00. The van der Waals surface area contributed by atoms with Crippen molar-refractivity contribution in [3.05, 3.63) is 71.6 Å². The average molecular weight is 446 g/mol. The van der Waals surface area contributed by atoms with Crippen molar-refractivity contribution in [2.24, 2.45) is 0 Å². The van der Waals surface area contributed by atoms with Gasteiger partial charge < -0.3 is 15.0 Å². The van der Waals surface area contributed by atoms with E-state index in [0.29, 0.717) is 36.0 Å². The Kier molecular flexibility index (Phi) is 6.63. The number of nitrogens with zero attached hydrogens (tertiary/aromatic N) is 4. The van der Waals surface area contributed by atoms with Gasteiger partial charge in [0.15, 0.2) is 0 Å². The maximum atomic E-state index is 12.9. The van der Waals surface area contributed by atoms with E-state index in [1.54, 1.807) is 18.3 Å². The SMILES string of the molecule is CC(=O)Nc1ccc(Oc2cc(C)nc(C3CCCN(C(=O)c4cnc(C)cn4)C3)c2)cc1. The van der Waals surface area contributed by atoms with Crippen LogP contribution in [0.4, 0.5) is 5.69 Å². The summed E-state index contributed by atoms with van der Waals surface area (Å²) in [5.41, 5.74) is 3.62. The van der Waals surface area contributed by atoms with Crippen LogP contribution in [0.15, 0.2) is 48.8 Å². The zero-order chi connectivity index (χ0) is 23.4. The van der Waals surface area contributed by atoms with Gasteiger partial charge in [0.2, 0.25) is 5.91 Å². The van der Waals surface area contributed by atoms with E-state index in [1.807, 2.05) is 43.0 Å². The van der Waals surface area contributed by atoms with Gasteiger partial charge in [0.05, 0.1) is 11.9 Å². The minimum atomic E-state index is -0.118. The highest BCUT2D eigenvalue weighted by molar-refractivity contribution is 5.92. The van der Waals surface area contributed by atoms with Crippen LogP contribution in [0, 0.1) is 13.8 Å². The smallest absolute Gasteiger partial charge is 0.274 e. The normalized spacial score (nSPS) is 15.7. The minimum absolute atomic E-state index is 0.101. The molecule has 0 bridgehead atoms. The Bertz CT molecular complexity index is 1150. The van der Waals surface area contributed by atoms with E-state index in [4.69, 9.17) is 9.72 Å². The fourth-order valence-electron chi connectivity index (χ4n) is 3.94. The van der Waals surface area contributed by atoms with E-state index >= 15 is 0 Å². The number of anilines is 1. The molecule has 170 valence electrons. The van der Waals surface area contributed by atoms with Gasteiger partial charge >= 0.3 is 0 Å². The lowest BCUT2D eigenvalue weighted by molar-refractivity contribution is -0.114. The number of likely N-dealkylation sites (tertiary alicyclic amines) is 1. The van der Waals surface area contributed by atoms with Gasteiger partial charge in [-0.2, -0.15) is 0 Å². The summed E-state index contributed by atoms with van der Waals surface area (Å²) >= 11 is 0. The topological polar surface area (TPSA) is 97.3 Å². The van der Waals surface area contributed by atoms with Crippen LogP contribution < -0.4 is 10.1 Å². The van der Waals surface area contributed by atoms with Gasteiger partial charge in [0.1, 0.15) is 17.2 Å². The maximum Gasteiger partial charge on any atom is 0.274 e. The fraction of sp³-hybridized carbons (Fsp3) is 0.320. The molecule has 1 unspecified atom stereocenters. The van der Waals surface area contributed by atoms with Crippen molar-refractivity contribution < 1.29 is 14.3 Å². The Balaban J connectivity index is 1.48. The number of aryl methyl sites for hydroxylation is 2. The van der Waals surface area contributed by atoms with Crippen LogP contribution in [-0.2, 0) is 4.79 Å². The summed E-state index contributed by atoms with van der Waals surface area (Å²) in [5, 5.41) is 2.74.